The first kappa shape index (κ1) is 16.7. The van der Waals surface area contributed by atoms with Crippen LogP contribution in [0.3, 0.4) is 0 Å². The zero-order valence-corrected chi connectivity index (χ0v) is 14.9. The molecule has 128 valence electrons. The van der Waals surface area contributed by atoms with Crippen LogP contribution in [-0.4, -0.2) is 35.4 Å². The van der Waals surface area contributed by atoms with Crippen molar-refractivity contribution in [3.8, 4) is 0 Å². The number of piperidine rings is 1. The Morgan fingerprint density at radius 1 is 1.33 bits per heavy atom. The SMILES string of the molecule is CNc1snc(C)c1C(=O)NCc1cccnc1N1CCCCC1. The average Bonchev–Trinajstić information content (AvgIpc) is 3.01. The van der Waals surface area contributed by atoms with Gasteiger partial charge in [0.2, 0.25) is 0 Å². The van der Waals surface area contributed by atoms with E-state index in [4.69, 9.17) is 0 Å². The van der Waals surface area contributed by atoms with Crippen LogP contribution in [0.1, 0.15) is 40.9 Å². The fourth-order valence-corrected chi connectivity index (χ4v) is 3.77. The Balaban J connectivity index is 1.72. The van der Waals surface area contributed by atoms with Gasteiger partial charge in [-0.25, -0.2) is 4.98 Å². The van der Waals surface area contributed by atoms with Crippen molar-refractivity contribution < 1.29 is 4.79 Å². The number of rotatable bonds is 5. The van der Waals surface area contributed by atoms with Gasteiger partial charge in [-0.15, -0.1) is 0 Å². The minimum atomic E-state index is -0.0981. The quantitative estimate of drug-likeness (QED) is 0.872. The van der Waals surface area contributed by atoms with Gasteiger partial charge >= 0.3 is 0 Å². The van der Waals surface area contributed by atoms with Crippen LogP contribution in [-0.2, 0) is 6.54 Å². The molecule has 0 aliphatic carbocycles. The third kappa shape index (κ3) is 3.51. The van der Waals surface area contributed by atoms with E-state index < -0.39 is 0 Å². The summed E-state index contributed by atoms with van der Waals surface area (Å²) in [5.41, 5.74) is 2.44. The highest BCUT2D eigenvalue weighted by Crippen LogP contribution is 2.25. The first-order valence-electron chi connectivity index (χ1n) is 8.31. The fourth-order valence-electron chi connectivity index (χ4n) is 3.03. The molecule has 0 unspecified atom stereocenters. The molecule has 0 aromatic carbocycles. The summed E-state index contributed by atoms with van der Waals surface area (Å²) in [5.74, 6) is 0.894. The first-order chi connectivity index (χ1) is 11.7. The maximum atomic E-state index is 12.5. The number of anilines is 2. The average molecular weight is 345 g/mol. The molecule has 0 spiro atoms. The Kier molecular flexibility index (Phi) is 5.30. The number of hydrogen-bond acceptors (Lipinski definition) is 6. The van der Waals surface area contributed by atoms with Crippen LogP contribution in [0.2, 0.25) is 0 Å². The van der Waals surface area contributed by atoms with Crippen LogP contribution in [0.4, 0.5) is 10.8 Å². The summed E-state index contributed by atoms with van der Waals surface area (Å²) in [6.07, 6.45) is 5.51. The summed E-state index contributed by atoms with van der Waals surface area (Å²) in [5, 5.41) is 6.85. The van der Waals surface area contributed by atoms with Gasteiger partial charge in [0.25, 0.3) is 5.91 Å². The van der Waals surface area contributed by atoms with Crippen LogP contribution < -0.4 is 15.5 Å². The lowest BCUT2D eigenvalue weighted by atomic mass is 10.1. The normalized spacial score (nSPS) is 14.5. The molecule has 0 atom stereocenters. The number of pyridine rings is 1. The molecule has 1 fully saturated rings. The van der Waals surface area contributed by atoms with E-state index in [1.807, 2.05) is 25.3 Å². The second-order valence-electron chi connectivity index (χ2n) is 5.94. The highest BCUT2D eigenvalue weighted by molar-refractivity contribution is 7.10. The predicted octanol–water partition coefficient (Wildman–Crippen LogP) is 2.81. The molecule has 1 amide bonds. The van der Waals surface area contributed by atoms with Crippen molar-refractivity contribution >= 4 is 28.3 Å². The fraction of sp³-hybridized carbons (Fsp3) is 0.471. The molecule has 24 heavy (non-hydrogen) atoms. The van der Waals surface area contributed by atoms with Gasteiger partial charge in [-0.1, -0.05) is 6.07 Å². The topological polar surface area (TPSA) is 70.1 Å². The van der Waals surface area contributed by atoms with E-state index in [-0.39, 0.29) is 5.91 Å². The highest BCUT2D eigenvalue weighted by Gasteiger charge is 2.19. The Morgan fingerprint density at radius 2 is 2.12 bits per heavy atom. The third-order valence-corrected chi connectivity index (χ3v) is 5.24. The van der Waals surface area contributed by atoms with Gasteiger partial charge in [-0.2, -0.15) is 4.37 Å². The van der Waals surface area contributed by atoms with Crippen molar-refractivity contribution in [2.24, 2.45) is 0 Å². The van der Waals surface area contributed by atoms with E-state index in [2.05, 4.69) is 24.9 Å². The molecule has 2 N–H and O–H groups in total. The van der Waals surface area contributed by atoms with Gasteiger partial charge in [0.15, 0.2) is 0 Å². The molecule has 7 heteroatoms. The number of hydrogen-bond donors (Lipinski definition) is 2. The number of aryl methyl sites for hydroxylation is 1. The van der Waals surface area contributed by atoms with Crippen LogP contribution in [0.25, 0.3) is 0 Å². The molecule has 6 nitrogen and oxygen atoms in total. The lowest BCUT2D eigenvalue weighted by molar-refractivity contribution is 0.0951. The molecule has 3 rings (SSSR count). The van der Waals surface area contributed by atoms with Crippen LogP contribution in [0.15, 0.2) is 18.3 Å². The third-order valence-electron chi connectivity index (χ3n) is 4.28. The van der Waals surface area contributed by atoms with E-state index in [1.165, 1.54) is 30.8 Å². The van der Waals surface area contributed by atoms with Gasteiger partial charge in [-0.3, -0.25) is 4.79 Å². The summed E-state index contributed by atoms with van der Waals surface area (Å²) in [6.45, 7) is 4.40. The maximum absolute atomic E-state index is 12.5. The predicted molar refractivity (Wildman–Crippen MR) is 97.9 cm³/mol. The number of nitrogens with zero attached hydrogens (tertiary/aromatic N) is 3. The van der Waals surface area contributed by atoms with Crippen molar-refractivity contribution in [2.45, 2.75) is 32.7 Å². The first-order valence-corrected chi connectivity index (χ1v) is 9.09. The number of carbonyl (C=O) groups excluding carboxylic acids is 1. The van der Waals surface area contributed by atoms with Crippen molar-refractivity contribution in [3.63, 3.8) is 0 Å². The number of carbonyl (C=O) groups is 1. The zero-order chi connectivity index (χ0) is 16.9. The molecule has 2 aromatic heterocycles. The van der Waals surface area contributed by atoms with E-state index in [1.54, 1.807) is 7.05 Å². The highest BCUT2D eigenvalue weighted by atomic mass is 32.1. The van der Waals surface area contributed by atoms with Crippen molar-refractivity contribution in [1.29, 1.82) is 0 Å². The van der Waals surface area contributed by atoms with Crippen molar-refractivity contribution in [3.05, 3.63) is 35.2 Å². The minimum Gasteiger partial charge on any atom is -0.378 e. The van der Waals surface area contributed by atoms with Gasteiger partial charge in [0, 0.05) is 38.4 Å². The number of aromatic nitrogens is 2. The second kappa shape index (κ2) is 7.61. The number of nitrogens with one attached hydrogen (secondary N) is 2. The molecule has 0 bridgehead atoms. The van der Waals surface area contributed by atoms with Crippen LogP contribution in [0, 0.1) is 6.92 Å². The summed E-state index contributed by atoms with van der Waals surface area (Å²) in [4.78, 5) is 19.4. The molecule has 1 saturated heterocycles. The van der Waals surface area contributed by atoms with E-state index >= 15 is 0 Å². The van der Waals surface area contributed by atoms with E-state index in [0.717, 1.165) is 35.2 Å². The van der Waals surface area contributed by atoms with Crippen molar-refractivity contribution in [1.82, 2.24) is 14.7 Å². The lowest BCUT2D eigenvalue weighted by Crippen LogP contribution is -2.32. The van der Waals surface area contributed by atoms with E-state index in [0.29, 0.717) is 12.1 Å². The van der Waals surface area contributed by atoms with Gasteiger partial charge in [0.1, 0.15) is 10.8 Å². The number of amides is 1. The minimum absolute atomic E-state index is 0.0981. The second-order valence-corrected chi connectivity index (χ2v) is 6.71. The molecule has 3 heterocycles. The Hall–Kier alpha value is -2.15. The Bertz CT molecular complexity index is 709. The Morgan fingerprint density at radius 3 is 2.88 bits per heavy atom. The lowest BCUT2D eigenvalue weighted by Gasteiger charge is -2.29. The van der Waals surface area contributed by atoms with Crippen LogP contribution >= 0.6 is 11.5 Å². The smallest absolute Gasteiger partial charge is 0.256 e. The summed E-state index contributed by atoms with van der Waals surface area (Å²) in [6, 6.07) is 3.96. The van der Waals surface area contributed by atoms with Gasteiger partial charge in [0.05, 0.1) is 11.3 Å². The zero-order valence-electron chi connectivity index (χ0n) is 14.1. The molecule has 1 aliphatic heterocycles. The molecular weight excluding hydrogens is 322 g/mol. The van der Waals surface area contributed by atoms with Gasteiger partial charge < -0.3 is 15.5 Å². The monoisotopic (exact) mass is 345 g/mol. The molecule has 0 radical (unpaired) electrons. The van der Waals surface area contributed by atoms with Crippen LogP contribution in [0.5, 0.6) is 0 Å². The van der Waals surface area contributed by atoms with E-state index in [9.17, 15) is 4.79 Å². The summed E-state index contributed by atoms with van der Waals surface area (Å²) >= 11 is 1.31. The van der Waals surface area contributed by atoms with Crippen molar-refractivity contribution in [2.75, 3.05) is 30.4 Å². The largest absolute Gasteiger partial charge is 0.378 e. The standard InChI is InChI=1S/C17H23N5OS/c1-12-14(17(18-2)24-21-12)16(23)20-11-13-7-6-8-19-15(13)22-9-4-3-5-10-22/h6-8,18H,3-5,9-11H2,1-2H3,(H,20,23). The summed E-state index contributed by atoms with van der Waals surface area (Å²) in [7, 11) is 1.80. The molecule has 0 saturated carbocycles. The summed E-state index contributed by atoms with van der Waals surface area (Å²) < 4.78 is 4.25. The Labute approximate surface area is 146 Å². The molecule has 2 aromatic rings. The van der Waals surface area contributed by atoms with Gasteiger partial charge in [-0.05, 0) is 43.8 Å². The molecule has 1 aliphatic rings. The maximum Gasteiger partial charge on any atom is 0.256 e. The molecular formula is C17H23N5OS.